The average molecular weight is 653 g/mol. The third kappa shape index (κ3) is 6.81. The highest BCUT2D eigenvalue weighted by molar-refractivity contribution is 7.90. The van der Waals surface area contributed by atoms with Crippen LogP contribution in [0.15, 0.2) is 108 Å². The van der Waals surface area contributed by atoms with Crippen molar-refractivity contribution < 1.29 is 36.8 Å². The van der Waals surface area contributed by atoms with Gasteiger partial charge in [-0.05, 0) is 72.5 Å². The standard InChI is InChI=1S/C33H31F3N4O5S/c34-33(35,36)45-25-16-18-26(19-17-25)46(37,43)38-27-20-39(32(42)44-24-10-2-1-3-11-24)21-30(31(27)41)40-28-12-6-4-8-22(28)14-15-23-9-5-7-13-29(23)40/h1-13,16-19,27,30-31,41H,14-15,20-21H2,(H2,37,38,43). The molecule has 0 spiro atoms. The van der Waals surface area contributed by atoms with Crippen LogP contribution in [0.3, 0.4) is 0 Å². The van der Waals surface area contributed by atoms with Crippen LogP contribution >= 0.6 is 0 Å². The SMILES string of the molecule is N=S(=O)(NC1CN(C(=O)Oc2ccccc2)CC(N2c3ccccc3CCc3ccccc32)C1O)c1ccc(OC(F)(F)F)cc1. The van der Waals surface area contributed by atoms with Crippen LogP contribution in [-0.4, -0.2) is 57.9 Å². The Morgan fingerprint density at radius 1 is 0.826 bits per heavy atom. The number of halogens is 3. The summed E-state index contributed by atoms with van der Waals surface area (Å²) in [6.07, 6.45) is -5.35. The van der Waals surface area contributed by atoms with E-state index in [1.807, 2.05) is 53.4 Å². The molecule has 4 aromatic carbocycles. The Hall–Kier alpha value is -4.59. The highest BCUT2D eigenvalue weighted by Crippen LogP contribution is 2.40. The molecule has 4 unspecified atom stereocenters. The number of carbonyl (C=O) groups excluding carboxylic acids is 1. The summed E-state index contributed by atoms with van der Waals surface area (Å²) in [6, 6.07) is 26.4. The normalized spacial score (nSPS) is 20.9. The molecular weight excluding hydrogens is 621 g/mol. The van der Waals surface area contributed by atoms with E-state index in [-0.39, 0.29) is 18.0 Å². The van der Waals surface area contributed by atoms with E-state index in [0.29, 0.717) is 5.75 Å². The monoisotopic (exact) mass is 652 g/mol. The first-order valence-corrected chi connectivity index (χ1v) is 16.1. The van der Waals surface area contributed by atoms with E-state index in [2.05, 4.69) is 9.46 Å². The van der Waals surface area contributed by atoms with Crippen LogP contribution in [0.25, 0.3) is 0 Å². The number of aliphatic hydroxyl groups is 1. The Labute approximate surface area is 264 Å². The molecule has 6 rings (SSSR count). The van der Waals surface area contributed by atoms with Crippen molar-refractivity contribution in [1.29, 1.82) is 4.78 Å². The summed E-state index contributed by atoms with van der Waals surface area (Å²) in [4.78, 5) is 16.8. The van der Waals surface area contributed by atoms with E-state index < -0.39 is 46.3 Å². The molecule has 0 aliphatic carbocycles. The van der Waals surface area contributed by atoms with Crippen LogP contribution in [0, 0.1) is 4.78 Å². The molecule has 0 bridgehead atoms. The van der Waals surface area contributed by atoms with Gasteiger partial charge in [-0.2, -0.15) is 0 Å². The number of para-hydroxylation sites is 3. The maximum Gasteiger partial charge on any atom is 0.573 e. The number of hydrogen-bond acceptors (Lipinski definition) is 7. The van der Waals surface area contributed by atoms with Crippen molar-refractivity contribution in [1.82, 2.24) is 9.62 Å². The zero-order valence-electron chi connectivity index (χ0n) is 24.4. The topological polar surface area (TPSA) is 115 Å². The van der Waals surface area contributed by atoms with Gasteiger partial charge >= 0.3 is 12.5 Å². The van der Waals surface area contributed by atoms with E-state index >= 15 is 0 Å². The molecule has 46 heavy (non-hydrogen) atoms. The number of nitrogens with zero attached hydrogens (tertiary/aromatic N) is 2. The van der Waals surface area contributed by atoms with E-state index in [9.17, 15) is 27.3 Å². The number of aryl methyl sites for hydroxylation is 2. The molecule has 13 heteroatoms. The number of rotatable bonds is 6. The molecular formula is C33H31F3N4O5S. The second-order valence-corrected chi connectivity index (χ2v) is 12.9. The van der Waals surface area contributed by atoms with Crippen LogP contribution in [0.5, 0.6) is 11.5 Å². The number of hydrogen-bond donors (Lipinski definition) is 3. The number of likely N-dealkylation sites (tertiary alicyclic amines) is 1. The Morgan fingerprint density at radius 2 is 1.39 bits per heavy atom. The summed E-state index contributed by atoms with van der Waals surface area (Å²) in [5, 5.41) is 12.0. The molecule has 2 heterocycles. The summed E-state index contributed by atoms with van der Waals surface area (Å²) in [7, 11) is -3.89. The van der Waals surface area contributed by atoms with Crippen molar-refractivity contribution in [3.8, 4) is 11.5 Å². The second kappa shape index (κ2) is 12.7. The van der Waals surface area contributed by atoms with Crippen LogP contribution < -0.4 is 19.1 Å². The Balaban J connectivity index is 1.36. The Bertz CT molecular complexity index is 1760. The van der Waals surface area contributed by atoms with Crippen LogP contribution in [0.1, 0.15) is 11.1 Å². The largest absolute Gasteiger partial charge is 0.573 e. The van der Waals surface area contributed by atoms with Gasteiger partial charge in [-0.1, -0.05) is 54.6 Å². The van der Waals surface area contributed by atoms with Crippen molar-refractivity contribution in [2.75, 3.05) is 18.0 Å². The van der Waals surface area contributed by atoms with E-state index in [1.165, 1.54) is 4.90 Å². The number of amides is 1. The minimum atomic E-state index is -4.91. The highest BCUT2D eigenvalue weighted by atomic mass is 32.2. The number of nitrogens with one attached hydrogen (secondary N) is 2. The number of ether oxygens (including phenoxy) is 2. The van der Waals surface area contributed by atoms with Crippen molar-refractivity contribution in [3.05, 3.63) is 114 Å². The molecule has 0 aromatic heterocycles. The fourth-order valence-corrected chi connectivity index (χ4v) is 7.25. The zero-order valence-corrected chi connectivity index (χ0v) is 25.2. The van der Waals surface area contributed by atoms with Crippen LogP contribution in [-0.2, 0) is 22.8 Å². The van der Waals surface area contributed by atoms with Crippen molar-refractivity contribution in [2.45, 2.75) is 42.3 Å². The summed E-state index contributed by atoms with van der Waals surface area (Å²) in [5.74, 6) is -0.215. The maximum absolute atomic E-state index is 13.7. The van der Waals surface area contributed by atoms with Crippen molar-refractivity contribution in [3.63, 3.8) is 0 Å². The van der Waals surface area contributed by atoms with Gasteiger partial charge in [0, 0.05) is 24.5 Å². The zero-order chi connectivity index (χ0) is 32.5. The fourth-order valence-electron chi connectivity index (χ4n) is 5.95. The first kappa shape index (κ1) is 31.4. The summed E-state index contributed by atoms with van der Waals surface area (Å²) in [5.41, 5.74) is 3.79. The van der Waals surface area contributed by atoms with Gasteiger partial charge in [0.15, 0.2) is 0 Å². The number of benzene rings is 4. The molecule has 2 aliphatic rings. The lowest BCUT2D eigenvalue weighted by molar-refractivity contribution is -0.274. The third-order valence-electron chi connectivity index (χ3n) is 8.04. The average Bonchev–Trinajstić information content (AvgIpc) is 3.19. The van der Waals surface area contributed by atoms with Crippen molar-refractivity contribution >= 4 is 27.4 Å². The predicted octanol–water partition coefficient (Wildman–Crippen LogP) is 6.05. The van der Waals surface area contributed by atoms with Gasteiger partial charge < -0.3 is 24.4 Å². The van der Waals surface area contributed by atoms with Crippen LogP contribution in [0.4, 0.5) is 29.3 Å². The van der Waals surface area contributed by atoms with E-state index in [4.69, 9.17) is 9.52 Å². The number of piperidine rings is 1. The number of aliphatic hydroxyl groups excluding tert-OH is 1. The van der Waals surface area contributed by atoms with Gasteiger partial charge in [0.2, 0.25) is 0 Å². The summed E-state index contributed by atoms with van der Waals surface area (Å²) < 4.78 is 72.7. The van der Waals surface area contributed by atoms with Crippen LogP contribution in [0.2, 0.25) is 0 Å². The highest BCUT2D eigenvalue weighted by Gasteiger charge is 2.44. The lowest BCUT2D eigenvalue weighted by Gasteiger charge is -2.46. The van der Waals surface area contributed by atoms with Gasteiger partial charge in [-0.15, -0.1) is 13.2 Å². The molecule has 0 saturated carbocycles. The lowest BCUT2D eigenvalue weighted by Crippen LogP contribution is -2.66. The molecule has 240 valence electrons. The molecule has 4 aromatic rings. The number of anilines is 2. The molecule has 4 atom stereocenters. The van der Waals surface area contributed by atoms with Gasteiger partial charge in [0.1, 0.15) is 21.4 Å². The maximum atomic E-state index is 13.7. The smallest absolute Gasteiger partial charge is 0.410 e. The summed E-state index contributed by atoms with van der Waals surface area (Å²) >= 11 is 0. The first-order valence-electron chi connectivity index (χ1n) is 14.6. The second-order valence-electron chi connectivity index (χ2n) is 11.1. The molecule has 3 N–H and O–H groups in total. The minimum absolute atomic E-state index is 0.0380. The molecule has 2 aliphatic heterocycles. The number of alkyl halides is 3. The Kier molecular flexibility index (Phi) is 8.64. The van der Waals surface area contributed by atoms with Gasteiger partial charge in [0.05, 0.1) is 23.1 Å². The van der Waals surface area contributed by atoms with E-state index in [1.54, 1.807) is 30.3 Å². The predicted molar refractivity (Wildman–Crippen MR) is 165 cm³/mol. The van der Waals surface area contributed by atoms with Gasteiger partial charge in [-0.25, -0.2) is 18.5 Å². The van der Waals surface area contributed by atoms with Gasteiger partial charge in [0.25, 0.3) is 0 Å². The van der Waals surface area contributed by atoms with E-state index in [0.717, 1.165) is 59.6 Å². The fraction of sp³-hybridized carbons (Fsp3) is 0.242. The molecule has 1 fully saturated rings. The van der Waals surface area contributed by atoms with Crippen molar-refractivity contribution in [2.24, 2.45) is 0 Å². The quantitative estimate of drug-likeness (QED) is 0.234. The summed E-state index contributed by atoms with van der Waals surface area (Å²) in [6.45, 7) is -0.123. The lowest BCUT2D eigenvalue weighted by atomic mass is 9.94. The molecule has 1 saturated heterocycles. The number of fused-ring (bicyclic) bond motifs is 2. The molecule has 9 nitrogen and oxygen atoms in total. The number of carbonyl (C=O) groups is 1. The first-order chi connectivity index (χ1) is 22.0. The third-order valence-corrected chi connectivity index (χ3v) is 9.61. The minimum Gasteiger partial charge on any atom is -0.410 e. The van der Waals surface area contributed by atoms with Gasteiger partial charge in [-0.3, -0.25) is 0 Å². The molecule has 1 amide bonds. The molecule has 0 radical (unpaired) electrons. The Morgan fingerprint density at radius 3 is 1.98 bits per heavy atom.